The molecule has 41 heavy (non-hydrogen) atoms. The van der Waals surface area contributed by atoms with Crippen LogP contribution in [0.2, 0.25) is 5.02 Å². The Morgan fingerprint density at radius 1 is 1.05 bits per heavy atom. The number of likely N-dealkylation sites (tertiary alicyclic amines) is 1. The highest BCUT2D eigenvalue weighted by Gasteiger charge is 2.76. The molecule has 0 saturated carbocycles. The van der Waals surface area contributed by atoms with Gasteiger partial charge in [0.2, 0.25) is 11.8 Å². The van der Waals surface area contributed by atoms with E-state index in [4.69, 9.17) is 11.6 Å². The van der Waals surface area contributed by atoms with Crippen molar-refractivity contribution >= 4 is 52.5 Å². The van der Waals surface area contributed by atoms with E-state index in [9.17, 15) is 19.5 Å². The van der Waals surface area contributed by atoms with Crippen LogP contribution in [0.25, 0.3) is 0 Å². The zero-order valence-electron chi connectivity index (χ0n) is 23.2. The molecular formula is C32H36ClN3O4S. The van der Waals surface area contributed by atoms with E-state index in [2.05, 4.69) is 20.1 Å². The van der Waals surface area contributed by atoms with Gasteiger partial charge >= 0.3 is 0 Å². The molecule has 2 bridgehead atoms. The summed E-state index contributed by atoms with van der Waals surface area (Å²) in [6.07, 6.45) is 4.44. The van der Waals surface area contributed by atoms with E-state index in [-0.39, 0.29) is 48.6 Å². The van der Waals surface area contributed by atoms with Crippen LogP contribution in [0.15, 0.2) is 79.9 Å². The molecule has 3 fully saturated rings. The number of carbonyl (C=O) groups excluding carboxylic acids is 3. The molecule has 3 amide bonds. The first kappa shape index (κ1) is 29.4. The molecule has 1 spiro atoms. The number of halogens is 1. The van der Waals surface area contributed by atoms with E-state index >= 15 is 0 Å². The fourth-order valence-corrected chi connectivity index (χ4v) is 9.56. The SMILES string of the molecule is C=CCN(C(=O)C1N(CCCO)C(=O)[C@@H]2[C@@H](C(=O)N(CC=C)c3ccccc3)[C@H]3CC(C)C12S3)c1ccc(Cl)cc1. The Morgan fingerprint density at radius 2 is 1.66 bits per heavy atom. The van der Waals surface area contributed by atoms with Crippen molar-refractivity contribution in [2.24, 2.45) is 17.8 Å². The van der Waals surface area contributed by atoms with Gasteiger partial charge in [-0.1, -0.05) is 48.9 Å². The first-order valence-electron chi connectivity index (χ1n) is 14.0. The molecular weight excluding hydrogens is 558 g/mol. The number of nitrogens with zero attached hydrogens (tertiary/aromatic N) is 3. The molecule has 3 unspecified atom stereocenters. The van der Waals surface area contributed by atoms with Gasteiger partial charge in [-0.15, -0.1) is 24.9 Å². The van der Waals surface area contributed by atoms with Crippen LogP contribution in [0.3, 0.4) is 0 Å². The minimum atomic E-state index is -0.783. The van der Waals surface area contributed by atoms with Gasteiger partial charge in [0.05, 0.1) is 16.6 Å². The van der Waals surface area contributed by atoms with Gasteiger partial charge in [0, 0.05) is 47.9 Å². The van der Waals surface area contributed by atoms with Gasteiger partial charge in [0.15, 0.2) is 0 Å². The standard InChI is InChI=1S/C32H36ClN3O4S/c1-4-16-34(23-10-7-6-8-11-23)29(38)26-25-20-21(3)32(41-25)27(26)30(39)36(18-9-19-37)28(32)31(40)35(17-5-2)24-14-12-22(33)13-15-24/h4-8,10-15,21,25-28,37H,1-2,9,16-20H2,3H3/t21?,25-,26+,27+,28?,32?/m1/s1. The molecule has 0 aliphatic carbocycles. The van der Waals surface area contributed by atoms with Crippen molar-refractivity contribution < 1.29 is 19.5 Å². The molecule has 0 aromatic heterocycles. The highest BCUT2D eigenvalue weighted by atomic mass is 35.5. The Balaban J connectivity index is 1.58. The number of para-hydroxylation sites is 1. The molecule has 2 aromatic carbocycles. The van der Waals surface area contributed by atoms with E-state index < -0.39 is 22.6 Å². The van der Waals surface area contributed by atoms with Crippen molar-refractivity contribution in [2.45, 2.75) is 35.8 Å². The van der Waals surface area contributed by atoms with Gasteiger partial charge in [-0.05, 0) is 55.2 Å². The summed E-state index contributed by atoms with van der Waals surface area (Å²) in [4.78, 5) is 48.3. The van der Waals surface area contributed by atoms with Crippen LogP contribution in [-0.4, -0.2) is 70.0 Å². The lowest BCUT2D eigenvalue weighted by Crippen LogP contribution is -2.57. The lowest BCUT2D eigenvalue weighted by atomic mass is 9.65. The number of anilines is 2. The average Bonchev–Trinajstić information content (AvgIpc) is 3.57. The molecule has 2 aromatic rings. The Hall–Kier alpha value is -3.07. The number of aliphatic hydroxyl groups is 1. The maximum atomic E-state index is 14.6. The summed E-state index contributed by atoms with van der Waals surface area (Å²) in [5, 5.41) is 10.2. The van der Waals surface area contributed by atoms with Crippen molar-refractivity contribution in [1.82, 2.24) is 4.90 Å². The van der Waals surface area contributed by atoms with Crippen LogP contribution in [0.4, 0.5) is 11.4 Å². The Kier molecular flexibility index (Phi) is 8.64. The van der Waals surface area contributed by atoms with Crippen LogP contribution in [0.5, 0.6) is 0 Å². The Morgan fingerprint density at radius 3 is 2.27 bits per heavy atom. The van der Waals surface area contributed by atoms with Crippen LogP contribution < -0.4 is 9.80 Å². The van der Waals surface area contributed by atoms with E-state index in [1.165, 1.54) is 0 Å². The Labute approximate surface area is 250 Å². The number of thioether (sulfide) groups is 1. The zero-order valence-corrected chi connectivity index (χ0v) is 24.8. The quantitative estimate of drug-likeness (QED) is 0.379. The van der Waals surface area contributed by atoms with Gasteiger partial charge in [0.1, 0.15) is 6.04 Å². The van der Waals surface area contributed by atoms with E-state index in [1.54, 1.807) is 62.9 Å². The van der Waals surface area contributed by atoms with Gasteiger partial charge in [-0.25, -0.2) is 0 Å². The minimum Gasteiger partial charge on any atom is -0.396 e. The molecule has 3 heterocycles. The third-order valence-electron chi connectivity index (χ3n) is 8.68. The molecule has 216 valence electrons. The number of hydrogen-bond acceptors (Lipinski definition) is 5. The number of amides is 3. The molecule has 1 N–H and O–H groups in total. The molecule has 5 rings (SSSR count). The zero-order chi connectivity index (χ0) is 29.3. The molecule has 3 saturated heterocycles. The number of rotatable bonds is 11. The first-order valence-corrected chi connectivity index (χ1v) is 15.3. The Bertz CT molecular complexity index is 1320. The van der Waals surface area contributed by atoms with Crippen molar-refractivity contribution in [3.8, 4) is 0 Å². The van der Waals surface area contributed by atoms with Crippen molar-refractivity contribution in [3.63, 3.8) is 0 Å². The summed E-state index contributed by atoms with van der Waals surface area (Å²) in [5.74, 6) is -1.69. The number of hydrogen-bond donors (Lipinski definition) is 1. The third-order valence-corrected chi connectivity index (χ3v) is 11.0. The topological polar surface area (TPSA) is 81.2 Å². The predicted octanol–water partition coefficient (Wildman–Crippen LogP) is 4.80. The summed E-state index contributed by atoms with van der Waals surface area (Å²) in [6, 6.07) is 15.7. The summed E-state index contributed by atoms with van der Waals surface area (Å²) in [6.45, 7) is 10.5. The van der Waals surface area contributed by atoms with Crippen LogP contribution in [-0.2, 0) is 14.4 Å². The van der Waals surface area contributed by atoms with Crippen LogP contribution in [0.1, 0.15) is 19.8 Å². The largest absolute Gasteiger partial charge is 0.396 e. The smallest absolute Gasteiger partial charge is 0.251 e. The first-order chi connectivity index (χ1) is 19.8. The number of fused-ring (bicyclic) bond motifs is 1. The van der Waals surface area contributed by atoms with E-state index in [0.717, 1.165) is 12.1 Å². The summed E-state index contributed by atoms with van der Waals surface area (Å²) in [5.41, 5.74) is 1.41. The number of carbonyl (C=O) groups is 3. The molecule has 6 atom stereocenters. The summed E-state index contributed by atoms with van der Waals surface area (Å²) >= 11 is 7.78. The third kappa shape index (κ3) is 4.90. The summed E-state index contributed by atoms with van der Waals surface area (Å²) < 4.78 is -0.767. The average molecular weight is 594 g/mol. The maximum absolute atomic E-state index is 14.6. The lowest BCUT2D eigenvalue weighted by molar-refractivity contribution is -0.139. The second-order valence-electron chi connectivity index (χ2n) is 10.9. The highest BCUT2D eigenvalue weighted by molar-refractivity contribution is 8.02. The fourth-order valence-electron chi connectivity index (χ4n) is 7.02. The van der Waals surface area contributed by atoms with E-state index in [0.29, 0.717) is 23.7 Å². The number of aliphatic hydroxyl groups excluding tert-OH is 1. The van der Waals surface area contributed by atoms with Crippen LogP contribution in [0, 0.1) is 17.8 Å². The monoisotopic (exact) mass is 593 g/mol. The highest BCUT2D eigenvalue weighted by Crippen LogP contribution is 2.69. The molecule has 3 aliphatic heterocycles. The van der Waals surface area contributed by atoms with Gasteiger partial charge in [-0.3, -0.25) is 14.4 Å². The van der Waals surface area contributed by atoms with Crippen molar-refractivity contribution in [2.75, 3.05) is 36.0 Å². The van der Waals surface area contributed by atoms with Gasteiger partial charge in [0.25, 0.3) is 5.91 Å². The lowest BCUT2D eigenvalue weighted by Gasteiger charge is -2.41. The van der Waals surface area contributed by atoms with E-state index in [1.807, 2.05) is 30.3 Å². The predicted molar refractivity (Wildman–Crippen MR) is 165 cm³/mol. The molecule has 9 heteroatoms. The maximum Gasteiger partial charge on any atom is 0.251 e. The van der Waals surface area contributed by atoms with Crippen LogP contribution >= 0.6 is 23.4 Å². The number of benzene rings is 2. The van der Waals surface area contributed by atoms with Gasteiger partial charge in [-0.2, -0.15) is 0 Å². The second-order valence-corrected chi connectivity index (χ2v) is 12.9. The second kappa shape index (κ2) is 12.0. The summed E-state index contributed by atoms with van der Waals surface area (Å²) in [7, 11) is 0. The molecule has 0 radical (unpaired) electrons. The normalized spacial score (nSPS) is 27.9. The van der Waals surface area contributed by atoms with Crippen molar-refractivity contribution in [3.05, 3.63) is 84.9 Å². The van der Waals surface area contributed by atoms with Gasteiger partial charge < -0.3 is 19.8 Å². The molecule has 3 aliphatic rings. The minimum absolute atomic E-state index is 0.0314. The van der Waals surface area contributed by atoms with Crippen molar-refractivity contribution in [1.29, 1.82) is 0 Å². The molecule has 7 nitrogen and oxygen atoms in total. The fraction of sp³-hybridized carbons (Fsp3) is 0.406.